The molecule has 0 spiro atoms. The molecule has 134 valence electrons. The van der Waals surface area contributed by atoms with Gasteiger partial charge in [0.15, 0.2) is 0 Å². The summed E-state index contributed by atoms with van der Waals surface area (Å²) in [5, 5.41) is 3.89. The highest BCUT2D eigenvalue weighted by Gasteiger charge is 2.19. The van der Waals surface area contributed by atoms with Crippen LogP contribution in [0.15, 0.2) is 28.0 Å². The second kappa shape index (κ2) is 7.38. The fraction of sp³-hybridized carbons (Fsp3) is 0.278. The molecule has 0 fully saturated rings. The molecule has 4 aromatic heterocycles. The van der Waals surface area contributed by atoms with Crippen molar-refractivity contribution in [2.75, 3.05) is 11.5 Å². The lowest BCUT2D eigenvalue weighted by Crippen LogP contribution is -1.91. The summed E-state index contributed by atoms with van der Waals surface area (Å²) in [5.41, 5.74) is 10.2. The maximum atomic E-state index is 6.54. The minimum absolute atomic E-state index is 0.826. The Kier molecular flexibility index (Phi) is 4.97. The number of nitrogens with zero attached hydrogens (tertiary/aromatic N) is 3. The summed E-state index contributed by atoms with van der Waals surface area (Å²) < 4.78 is 1.15. The minimum atomic E-state index is 0.826. The van der Waals surface area contributed by atoms with Gasteiger partial charge in [0, 0.05) is 22.5 Å². The van der Waals surface area contributed by atoms with E-state index in [-0.39, 0.29) is 0 Å². The Morgan fingerprint density at radius 3 is 2.88 bits per heavy atom. The van der Waals surface area contributed by atoms with Crippen molar-refractivity contribution >= 4 is 50.3 Å². The molecule has 0 amide bonds. The van der Waals surface area contributed by atoms with Crippen molar-refractivity contribution < 1.29 is 0 Å². The lowest BCUT2D eigenvalue weighted by molar-refractivity contribution is 0.897. The third-order valence-electron chi connectivity index (χ3n) is 4.04. The van der Waals surface area contributed by atoms with Gasteiger partial charge in [0.25, 0.3) is 0 Å². The number of imidazole rings is 1. The van der Waals surface area contributed by atoms with Gasteiger partial charge in [-0.25, -0.2) is 15.0 Å². The number of nitrogens with two attached hydrogens (primary N) is 1. The predicted molar refractivity (Wildman–Crippen MR) is 113 cm³/mol. The molecule has 0 saturated heterocycles. The molecule has 26 heavy (non-hydrogen) atoms. The van der Waals surface area contributed by atoms with E-state index in [2.05, 4.69) is 27.9 Å². The van der Waals surface area contributed by atoms with Crippen molar-refractivity contribution in [1.29, 1.82) is 0 Å². The number of pyridine rings is 1. The Bertz CT molecular complexity index is 1030. The SMILES string of the molecule is CCCCSc1sc2nc(-c3nccs3)cc(-c3cnc(C)[nH]3)c2c1N. The number of nitrogens with one attached hydrogen (secondary N) is 1. The number of anilines is 1. The van der Waals surface area contributed by atoms with E-state index in [0.29, 0.717) is 0 Å². The molecule has 0 aliphatic carbocycles. The predicted octanol–water partition coefficient (Wildman–Crippen LogP) is 5.59. The molecule has 8 heteroatoms. The first-order valence-electron chi connectivity index (χ1n) is 8.45. The number of H-pyrrole nitrogens is 1. The highest BCUT2D eigenvalue weighted by atomic mass is 32.2. The molecule has 0 aromatic carbocycles. The van der Waals surface area contributed by atoms with Gasteiger partial charge in [0.1, 0.15) is 21.4 Å². The Labute approximate surface area is 164 Å². The molecule has 0 aliphatic rings. The highest BCUT2D eigenvalue weighted by molar-refractivity contribution is 8.01. The van der Waals surface area contributed by atoms with Gasteiger partial charge in [-0.1, -0.05) is 13.3 Å². The van der Waals surface area contributed by atoms with E-state index >= 15 is 0 Å². The number of aromatic amines is 1. The number of aromatic nitrogens is 4. The molecule has 4 aromatic rings. The van der Waals surface area contributed by atoms with Crippen molar-refractivity contribution in [2.24, 2.45) is 0 Å². The second-order valence-corrected chi connectivity index (χ2v) is 9.22. The fourth-order valence-electron chi connectivity index (χ4n) is 2.75. The van der Waals surface area contributed by atoms with Crippen LogP contribution in [0.2, 0.25) is 0 Å². The molecule has 3 N–H and O–H groups in total. The zero-order valence-electron chi connectivity index (χ0n) is 14.6. The normalized spacial score (nSPS) is 11.5. The topological polar surface area (TPSA) is 80.5 Å². The summed E-state index contributed by atoms with van der Waals surface area (Å²) in [4.78, 5) is 17.9. The number of thioether (sulfide) groups is 1. The van der Waals surface area contributed by atoms with Crippen LogP contribution in [-0.4, -0.2) is 25.7 Å². The molecule has 0 unspecified atom stereocenters. The first kappa shape index (κ1) is 17.5. The van der Waals surface area contributed by atoms with Gasteiger partial charge in [-0.05, 0) is 25.2 Å². The van der Waals surface area contributed by atoms with Gasteiger partial charge < -0.3 is 10.7 Å². The molecular weight excluding hydrogens is 382 g/mol. The van der Waals surface area contributed by atoms with Crippen molar-refractivity contribution in [3.8, 4) is 22.0 Å². The average Bonchev–Trinajstić information content (AvgIpc) is 3.36. The van der Waals surface area contributed by atoms with Gasteiger partial charge in [0.05, 0.1) is 21.8 Å². The Hall–Kier alpha value is -1.90. The lowest BCUT2D eigenvalue weighted by atomic mass is 10.1. The standard InChI is InChI=1S/C18H19N5S3/c1-3-4-6-25-18-15(19)14-11(13-9-21-10(2)22-13)8-12(23-17(14)26-18)16-20-5-7-24-16/h5,7-9H,3-4,6,19H2,1-2H3,(H,21,22). The van der Waals surface area contributed by atoms with E-state index in [1.807, 2.05) is 30.3 Å². The molecule has 0 radical (unpaired) electrons. The summed E-state index contributed by atoms with van der Waals surface area (Å²) in [5.74, 6) is 1.96. The number of rotatable bonds is 6. The quantitative estimate of drug-likeness (QED) is 0.325. The maximum Gasteiger partial charge on any atom is 0.141 e. The van der Waals surface area contributed by atoms with Gasteiger partial charge >= 0.3 is 0 Å². The third kappa shape index (κ3) is 3.24. The van der Waals surface area contributed by atoms with Crippen molar-refractivity contribution in [3.05, 3.63) is 29.7 Å². The minimum Gasteiger partial charge on any atom is -0.397 e. The van der Waals surface area contributed by atoms with Crippen molar-refractivity contribution in [3.63, 3.8) is 0 Å². The monoisotopic (exact) mass is 401 g/mol. The largest absolute Gasteiger partial charge is 0.397 e. The fourth-order valence-corrected chi connectivity index (χ4v) is 5.80. The lowest BCUT2D eigenvalue weighted by Gasteiger charge is -2.05. The van der Waals surface area contributed by atoms with E-state index < -0.39 is 0 Å². The smallest absolute Gasteiger partial charge is 0.141 e. The Morgan fingerprint density at radius 1 is 1.31 bits per heavy atom. The van der Waals surface area contributed by atoms with Crippen LogP contribution in [0.5, 0.6) is 0 Å². The van der Waals surface area contributed by atoms with Gasteiger partial charge in [-0.15, -0.1) is 34.4 Å². The first-order chi connectivity index (χ1) is 12.7. The maximum absolute atomic E-state index is 6.54. The van der Waals surface area contributed by atoms with Crippen LogP contribution in [0.1, 0.15) is 25.6 Å². The van der Waals surface area contributed by atoms with E-state index in [9.17, 15) is 0 Å². The van der Waals surface area contributed by atoms with Crippen LogP contribution < -0.4 is 5.73 Å². The van der Waals surface area contributed by atoms with Crippen LogP contribution >= 0.6 is 34.4 Å². The second-order valence-electron chi connectivity index (χ2n) is 5.96. The van der Waals surface area contributed by atoms with Crippen LogP contribution in [0, 0.1) is 6.92 Å². The Balaban J connectivity index is 1.90. The van der Waals surface area contributed by atoms with E-state index in [4.69, 9.17) is 10.7 Å². The highest BCUT2D eigenvalue weighted by Crippen LogP contribution is 2.45. The molecule has 5 nitrogen and oxygen atoms in total. The number of unbranched alkanes of at least 4 members (excludes halogenated alkanes) is 1. The summed E-state index contributed by atoms with van der Waals surface area (Å²) in [7, 11) is 0. The summed E-state index contributed by atoms with van der Waals surface area (Å²) >= 11 is 5.09. The molecule has 0 atom stereocenters. The summed E-state index contributed by atoms with van der Waals surface area (Å²) in [6, 6.07) is 2.07. The van der Waals surface area contributed by atoms with Crippen LogP contribution in [-0.2, 0) is 0 Å². The van der Waals surface area contributed by atoms with Crippen LogP contribution in [0.3, 0.4) is 0 Å². The third-order valence-corrected chi connectivity index (χ3v) is 7.31. The van der Waals surface area contributed by atoms with E-state index in [1.165, 1.54) is 12.8 Å². The molecule has 0 aliphatic heterocycles. The van der Waals surface area contributed by atoms with Crippen molar-refractivity contribution in [2.45, 2.75) is 30.9 Å². The summed E-state index contributed by atoms with van der Waals surface area (Å²) in [6.45, 7) is 4.15. The number of aryl methyl sites for hydroxylation is 1. The van der Waals surface area contributed by atoms with Crippen LogP contribution in [0.4, 0.5) is 5.69 Å². The Morgan fingerprint density at radius 2 is 2.19 bits per heavy atom. The molecule has 0 saturated carbocycles. The molecule has 0 bridgehead atoms. The molecule has 4 rings (SSSR count). The zero-order chi connectivity index (χ0) is 18.1. The number of hydrogen-bond acceptors (Lipinski definition) is 7. The van der Waals surface area contributed by atoms with Gasteiger partial charge in [-0.2, -0.15) is 0 Å². The average molecular weight is 402 g/mol. The van der Waals surface area contributed by atoms with Crippen molar-refractivity contribution in [1.82, 2.24) is 19.9 Å². The first-order valence-corrected chi connectivity index (χ1v) is 11.1. The number of nitrogen functional groups attached to an aromatic ring is 1. The number of thiophene rings is 1. The van der Waals surface area contributed by atoms with Gasteiger partial charge in [-0.3, -0.25) is 0 Å². The number of fused-ring (bicyclic) bond motifs is 1. The molecular formula is C18H19N5S3. The van der Waals surface area contributed by atoms with E-state index in [0.717, 1.165) is 53.6 Å². The van der Waals surface area contributed by atoms with Crippen LogP contribution in [0.25, 0.3) is 32.2 Å². The van der Waals surface area contributed by atoms with E-state index in [1.54, 1.807) is 28.9 Å². The number of thiazole rings is 1. The van der Waals surface area contributed by atoms with Gasteiger partial charge in [0.2, 0.25) is 0 Å². The number of hydrogen-bond donors (Lipinski definition) is 2. The molecule has 4 heterocycles. The summed E-state index contributed by atoms with van der Waals surface area (Å²) in [6.07, 6.45) is 6.03. The zero-order valence-corrected chi connectivity index (χ0v) is 17.0.